The maximum atomic E-state index is 4.70. The first-order valence-electron chi connectivity index (χ1n) is 7.26. The summed E-state index contributed by atoms with van der Waals surface area (Å²) in [5, 5.41) is 0. The number of aromatic nitrogens is 3. The van der Waals surface area contributed by atoms with Crippen LogP contribution in [0.15, 0.2) is 0 Å². The van der Waals surface area contributed by atoms with Crippen molar-refractivity contribution in [3.63, 3.8) is 0 Å². The third-order valence-corrected chi connectivity index (χ3v) is 4.49. The monoisotopic (exact) mass is 295 g/mol. The van der Waals surface area contributed by atoms with Gasteiger partial charge in [-0.05, 0) is 19.1 Å². The Hall–Kier alpha value is -1.04. The SMILES string of the molecule is CC(C)c1nc(N(C)C)nc(N2CCSCCC2C)n1. The van der Waals surface area contributed by atoms with Gasteiger partial charge in [0, 0.05) is 38.4 Å². The highest BCUT2D eigenvalue weighted by atomic mass is 32.2. The van der Waals surface area contributed by atoms with Crippen LogP contribution in [0.1, 0.15) is 38.9 Å². The predicted molar refractivity (Wildman–Crippen MR) is 87.0 cm³/mol. The van der Waals surface area contributed by atoms with E-state index in [9.17, 15) is 0 Å². The zero-order chi connectivity index (χ0) is 14.7. The Balaban J connectivity index is 2.38. The number of rotatable bonds is 3. The summed E-state index contributed by atoms with van der Waals surface area (Å²) in [6, 6.07) is 0.488. The van der Waals surface area contributed by atoms with Crippen LogP contribution in [0.25, 0.3) is 0 Å². The van der Waals surface area contributed by atoms with E-state index in [0.29, 0.717) is 12.0 Å². The molecule has 1 saturated heterocycles. The predicted octanol–water partition coefficient (Wildman–Crippen LogP) is 2.39. The van der Waals surface area contributed by atoms with E-state index >= 15 is 0 Å². The van der Waals surface area contributed by atoms with E-state index in [1.165, 1.54) is 12.2 Å². The fraction of sp³-hybridized carbons (Fsp3) is 0.786. The molecule has 1 unspecified atom stereocenters. The zero-order valence-electron chi connectivity index (χ0n) is 13.1. The average molecular weight is 295 g/mol. The molecule has 2 rings (SSSR count). The number of thioether (sulfide) groups is 1. The van der Waals surface area contributed by atoms with Gasteiger partial charge in [0.1, 0.15) is 5.82 Å². The van der Waals surface area contributed by atoms with Gasteiger partial charge in [0.2, 0.25) is 11.9 Å². The molecule has 0 aromatic carbocycles. The number of hydrogen-bond acceptors (Lipinski definition) is 6. The summed E-state index contributed by atoms with van der Waals surface area (Å²) >= 11 is 2.02. The van der Waals surface area contributed by atoms with Gasteiger partial charge < -0.3 is 9.80 Å². The van der Waals surface area contributed by atoms with Gasteiger partial charge in [0.05, 0.1) is 0 Å². The van der Waals surface area contributed by atoms with Crippen molar-refractivity contribution in [2.24, 2.45) is 0 Å². The molecule has 0 radical (unpaired) electrons. The van der Waals surface area contributed by atoms with Crippen molar-refractivity contribution >= 4 is 23.7 Å². The van der Waals surface area contributed by atoms with E-state index in [1.807, 2.05) is 30.8 Å². The highest BCUT2D eigenvalue weighted by Crippen LogP contribution is 2.23. The summed E-state index contributed by atoms with van der Waals surface area (Å²) in [7, 11) is 3.95. The van der Waals surface area contributed by atoms with Crippen LogP contribution in [0.3, 0.4) is 0 Å². The molecule has 112 valence electrons. The Labute approximate surface area is 126 Å². The van der Waals surface area contributed by atoms with Crippen LogP contribution in [0, 0.1) is 0 Å². The number of anilines is 2. The third-order valence-electron chi connectivity index (χ3n) is 3.49. The van der Waals surface area contributed by atoms with Crippen LogP contribution in [-0.2, 0) is 0 Å². The van der Waals surface area contributed by atoms with E-state index in [1.54, 1.807) is 0 Å². The van der Waals surface area contributed by atoms with E-state index in [0.717, 1.165) is 30.0 Å². The number of nitrogens with zero attached hydrogens (tertiary/aromatic N) is 5. The van der Waals surface area contributed by atoms with Gasteiger partial charge in [0.25, 0.3) is 0 Å². The molecule has 0 spiro atoms. The lowest BCUT2D eigenvalue weighted by molar-refractivity contribution is 0.620. The summed E-state index contributed by atoms with van der Waals surface area (Å²) in [6.45, 7) is 7.53. The van der Waals surface area contributed by atoms with Crippen molar-refractivity contribution < 1.29 is 0 Å². The molecule has 1 fully saturated rings. The summed E-state index contributed by atoms with van der Waals surface area (Å²) in [5.74, 6) is 5.14. The summed E-state index contributed by atoms with van der Waals surface area (Å²) in [4.78, 5) is 18.2. The van der Waals surface area contributed by atoms with Gasteiger partial charge in [-0.3, -0.25) is 0 Å². The maximum absolute atomic E-state index is 4.70. The van der Waals surface area contributed by atoms with Gasteiger partial charge >= 0.3 is 0 Å². The molecule has 1 atom stereocenters. The first-order chi connectivity index (χ1) is 9.49. The molecular formula is C14H25N5S. The first-order valence-corrected chi connectivity index (χ1v) is 8.42. The van der Waals surface area contributed by atoms with Gasteiger partial charge in [-0.15, -0.1) is 0 Å². The molecule has 1 aromatic rings. The van der Waals surface area contributed by atoms with Crippen molar-refractivity contribution in [2.45, 2.75) is 39.2 Å². The Morgan fingerprint density at radius 2 is 1.95 bits per heavy atom. The average Bonchev–Trinajstić information content (AvgIpc) is 2.62. The smallest absolute Gasteiger partial charge is 0.230 e. The molecule has 1 aliphatic rings. The molecule has 20 heavy (non-hydrogen) atoms. The minimum Gasteiger partial charge on any atom is -0.347 e. The molecule has 0 saturated carbocycles. The minimum absolute atomic E-state index is 0.312. The van der Waals surface area contributed by atoms with Gasteiger partial charge in [-0.25, -0.2) is 0 Å². The Kier molecular flexibility index (Phi) is 5.07. The summed E-state index contributed by atoms with van der Waals surface area (Å²) < 4.78 is 0. The van der Waals surface area contributed by atoms with E-state index in [2.05, 4.69) is 35.6 Å². The Morgan fingerprint density at radius 3 is 2.60 bits per heavy atom. The molecule has 1 aromatic heterocycles. The molecule has 0 aliphatic carbocycles. The Morgan fingerprint density at radius 1 is 1.20 bits per heavy atom. The van der Waals surface area contributed by atoms with Gasteiger partial charge in [0.15, 0.2) is 0 Å². The van der Waals surface area contributed by atoms with Gasteiger partial charge in [-0.2, -0.15) is 26.7 Å². The lowest BCUT2D eigenvalue weighted by Gasteiger charge is -2.28. The summed E-state index contributed by atoms with van der Waals surface area (Å²) in [5.41, 5.74) is 0. The second kappa shape index (κ2) is 6.61. The fourth-order valence-electron chi connectivity index (χ4n) is 2.15. The second-order valence-corrected chi connectivity index (χ2v) is 7.01. The Bertz CT molecular complexity index is 423. The quantitative estimate of drug-likeness (QED) is 0.853. The molecular weight excluding hydrogens is 270 g/mol. The standard InChI is InChI=1S/C14H25N5S/c1-10(2)12-15-13(18(4)5)17-14(16-12)19-7-9-20-8-6-11(19)3/h10-11H,6-9H2,1-5H3. The highest BCUT2D eigenvalue weighted by molar-refractivity contribution is 7.99. The first kappa shape index (κ1) is 15.4. The molecule has 0 N–H and O–H groups in total. The maximum Gasteiger partial charge on any atom is 0.230 e. The highest BCUT2D eigenvalue weighted by Gasteiger charge is 2.22. The molecule has 2 heterocycles. The van der Waals surface area contributed by atoms with Crippen LogP contribution in [-0.4, -0.2) is 53.1 Å². The van der Waals surface area contributed by atoms with Crippen molar-refractivity contribution in [1.82, 2.24) is 15.0 Å². The van der Waals surface area contributed by atoms with Crippen LogP contribution >= 0.6 is 11.8 Å². The minimum atomic E-state index is 0.312. The fourth-order valence-corrected chi connectivity index (χ4v) is 3.19. The van der Waals surface area contributed by atoms with Gasteiger partial charge in [-0.1, -0.05) is 13.8 Å². The van der Waals surface area contributed by atoms with Crippen molar-refractivity contribution in [2.75, 3.05) is 41.9 Å². The lowest BCUT2D eigenvalue weighted by Crippen LogP contribution is -2.36. The molecule has 0 amide bonds. The van der Waals surface area contributed by atoms with Crippen LogP contribution < -0.4 is 9.80 Å². The van der Waals surface area contributed by atoms with E-state index in [-0.39, 0.29) is 0 Å². The largest absolute Gasteiger partial charge is 0.347 e. The van der Waals surface area contributed by atoms with E-state index in [4.69, 9.17) is 4.98 Å². The molecule has 1 aliphatic heterocycles. The lowest BCUT2D eigenvalue weighted by atomic mass is 10.2. The van der Waals surface area contributed by atoms with Crippen molar-refractivity contribution in [1.29, 1.82) is 0 Å². The van der Waals surface area contributed by atoms with Crippen molar-refractivity contribution in [3.8, 4) is 0 Å². The molecule has 0 bridgehead atoms. The van der Waals surface area contributed by atoms with Crippen LogP contribution in [0.4, 0.5) is 11.9 Å². The topological polar surface area (TPSA) is 45.2 Å². The van der Waals surface area contributed by atoms with Crippen LogP contribution in [0.5, 0.6) is 0 Å². The molecule has 6 heteroatoms. The third kappa shape index (κ3) is 3.53. The number of hydrogen-bond donors (Lipinski definition) is 0. The zero-order valence-corrected chi connectivity index (χ0v) is 13.9. The normalized spacial score (nSPS) is 20.1. The van der Waals surface area contributed by atoms with Crippen LogP contribution in [0.2, 0.25) is 0 Å². The summed E-state index contributed by atoms with van der Waals surface area (Å²) in [6.07, 6.45) is 1.19. The second-order valence-electron chi connectivity index (χ2n) is 5.79. The molecule has 5 nitrogen and oxygen atoms in total. The van der Waals surface area contributed by atoms with Crippen molar-refractivity contribution in [3.05, 3.63) is 5.82 Å². The van der Waals surface area contributed by atoms with E-state index < -0.39 is 0 Å².